The van der Waals surface area contributed by atoms with Crippen molar-refractivity contribution in [3.8, 4) is 0 Å². The number of hydrogen-bond acceptors (Lipinski definition) is 3. The van der Waals surface area contributed by atoms with Crippen molar-refractivity contribution in [2.24, 2.45) is 0 Å². The summed E-state index contributed by atoms with van der Waals surface area (Å²) in [6.07, 6.45) is 0.834. The molecule has 0 fully saturated rings. The maximum Gasteiger partial charge on any atom is 0.314 e. The summed E-state index contributed by atoms with van der Waals surface area (Å²) in [4.78, 5) is 13.8. The van der Waals surface area contributed by atoms with E-state index in [2.05, 4.69) is 34.6 Å². The number of urea groups is 1. The zero-order valence-corrected chi connectivity index (χ0v) is 13.3. The van der Waals surface area contributed by atoms with Gasteiger partial charge >= 0.3 is 6.03 Å². The van der Waals surface area contributed by atoms with Gasteiger partial charge in [0.25, 0.3) is 0 Å². The Morgan fingerprint density at radius 1 is 1.29 bits per heavy atom. The van der Waals surface area contributed by atoms with E-state index in [0.717, 1.165) is 18.7 Å². The van der Waals surface area contributed by atoms with E-state index in [1.54, 1.807) is 0 Å². The molecule has 1 rings (SSSR count). The molecule has 1 aromatic carbocycles. The molecule has 5 nitrogen and oxygen atoms in total. The van der Waals surface area contributed by atoms with Gasteiger partial charge in [0.15, 0.2) is 0 Å². The Labute approximate surface area is 127 Å². The fraction of sp³-hybridized carbons (Fsp3) is 0.562. The molecule has 118 valence electrons. The summed E-state index contributed by atoms with van der Waals surface area (Å²) in [5.74, 6) is 0. The van der Waals surface area contributed by atoms with E-state index in [1.165, 1.54) is 0 Å². The number of ether oxygens (including phenoxy) is 1. The Morgan fingerprint density at radius 3 is 2.67 bits per heavy atom. The molecule has 0 heterocycles. The Hall–Kier alpha value is -1.75. The van der Waals surface area contributed by atoms with Crippen molar-refractivity contribution >= 4 is 11.7 Å². The van der Waals surface area contributed by atoms with E-state index in [0.29, 0.717) is 19.7 Å². The number of rotatable bonds is 9. The summed E-state index contributed by atoms with van der Waals surface area (Å²) >= 11 is 0. The number of para-hydroxylation sites is 1. The molecular weight excluding hydrogens is 266 g/mol. The smallest absolute Gasteiger partial charge is 0.314 e. The van der Waals surface area contributed by atoms with Crippen molar-refractivity contribution < 1.29 is 9.53 Å². The van der Waals surface area contributed by atoms with Crippen LogP contribution < -0.4 is 15.5 Å². The number of likely N-dealkylation sites (N-methyl/N-ethyl adjacent to an activating group) is 1. The summed E-state index contributed by atoms with van der Waals surface area (Å²) < 4.78 is 5.22. The predicted molar refractivity (Wildman–Crippen MR) is 86.8 cm³/mol. The van der Waals surface area contributed by atoms with Crippen LogP contribution in [0.1, 0.15) is 20.3 Å². The first-order valence-corrected chi connectivity index (χ1v) is 7.52. The van der Waals surface area contributed by atoms with Crippen LogP contribution in [0.2, 0.25) is 0 Å². The average Bonchev–Trinajstić information content (AvgIpc) is 2.52. The number of carbonyl (C=O) groups excluding carboxylic acids is 1. The monoisotopic (exact) mass is 293 g/mol. The Bertz CT molecular complexity index is 398. The van der Waals surface area contributed by atoms with Crippen LogP contribution in [0.15, 0.2) is 30.3 Å². The normalized spacial score (nSPS) is 11.8. The molecule has 0 aliphatic rings. The Balaban J connectivity index is 2.20. The largest absolute Gasteiger partial charge is 0.382 e. The number of anilines is 1. The summed E-state index contributed by atoms with van der Waals surface area (Å²) in [6, 6.07) is 10.2. The van der Waals surface area contributed by atoms with Gasteiger partial charge in [-0.2, -0.15) is 0 Å². The maximum atomic E-state index is 11.7. The molecule has 2 amide bonds. The predicted octanol–water partition coefficient (Wildman–Crippen LogP) is 2.24. The van der Waals surface area contributed by atoms with E-state index >= 15 is 0 Å². The molecule has 0 bridgehead atoms. The molecule has 1 unspecified atom stereocenters. The van der Waals surface area contributed by atoms with Crippen molar-refractivity contribution in [3.63, 3.8) is 0 Å². The molecule has 1 aromatic rings. The minimum Gasteiger partial charge on any atom is -0.382 e. The highest BCUT2D eigenvalue weighted by Crippen LogP contribution is 2.13. The zero-order chi connectivity index (χ0) is 15.5. The molecular formula is C16H27N3O2. The van der Waals surface area contributed by atoms with Gasteiger partial charge in [-0.1, -0.05) is 18.2 Å². The summed E-state index contributed by atoms with van der Waals surface area (Å²) in [7, 11) is 2.03. The first-order chi connectivity index (χ1) is 10.1. The lowest BCUT2D eigenvalue weighted by molar-refractivity contribution is 0.145. The van der Waals surface area contributed by atoms with Gasteiger partial charge in [0.05, 0.1) is 0 Å². The highest BCUT2D eigenvalue weighted by Gasteiger charge is 2.10. The highest BCUT2D eigenvalue weighted by molar-refractivity contribution is 5.73. The van der Waals surface area contributed by atoms with Gasteiger partial charge in [-0.05, 0) is 32.4 Å². The molecule has 5 heteroatoms. The second kappa shape index (κ2) is 10.0. The summed E-state index contributed by atoms with van der Waals surface area (Å²) in [5, 5.41) is 5.72. The Morgan fingerprint density at radius 2 is 2.00 bits per heavy atom. The van der Waals surface area contributed by atoms with Crippen molar-refractivity contribution in [2.75, 3.05) is 38.3 Å². The van der Waals surface area contributed by atoms with Crippen LogP contribution >= 0.6 is 0 Å². The number of amides is 2. The number of hydrogen-bond donors (Lipinski definition) is 2. The molecule has 2 N–H and O–H groups in total. The van der Waals surface area contributed by atoms with Gasteiger partial charge in [0, 0.05) is 45.1 Å². The fourth-order valence-electron chi connectivity index (χ4n) is 1.88. The van der Waals surface area contributed by atoms with E-state index in [-0.39, 0.29) is 12.1 Å². The van der Waals surface area contributed by atoms with Crippen molar-refractivity contribution in [2.45, 2.75) is 26.3 Å². The lowest BCUT2D eigenvalue weighted by atomic mass is 10.2. The molecule has 0 aliphatic heterocycles. The molecule has 0 radical (unpaired) electrons. The quantitative estimate of drug-likeness (QED) is 0.687. The van der Waals surface area contributed by atoms with Crippen LogP contribution in [0.3, 0.4) is 0 Å². The molecule has 0 saturated carbocycles. The molecule has 21 heavy (non-hydrogen) atoms. The number of benzene rings is 1. The highest BCUT2D eigenvalue weighted by atomic mass is 16.5. The number of carbonyl (C=O) groups is 1. The van der Waals surface area contributed by atoms with Crippen molar-refractivity contribution in [3.05, 3.63) is 30.3 Å². The molecule has 0 saturated heterocycles. The standard InChI is InChI=1S/C16H27N3O2/c1-4-21-12-8-11-17-16(20)18-13-14(2)19(3)15-9-6-5-7-10-15/h5-7,9-10,14H,4,8,11-13H2,1-3H3,(H2,17,18,20). The second-order valence-corrected chi connectivity index (χ2v) is 4.98. The zero-order valence-electron chi connectivity index (χ0n) is 13.3. The van der Waals surface area contributed by atoms with Gasteiger partial charge in [0.1, 0.15) is 0 Å². The van der Waals surface area contributed by atoms with E-state index in [1.807, 2.05) is 32.2 Å². The lowest BCUT2D eigenvalue weighted by Crippen LogP contribution is -2.44. The molecule has 0 aliphatic carbocycles. The van der Waals surface area contributed by atoms with E-state index in [4.69, 9.17) is 4.74 Å². The maximum absolute atomic E-state index is 11.7. The molecule has 0 spiro atoms. The second-order valence-electron chi connectivity index (χ2n) is 4.98. The van der Waals surface area contributed by atoms with Crippen LogP contribution in [0.4, 0.5) is 10.5 Å². The Kier molecular flexibility index (Phi) is 8.28. The first kappa shape index (κ1) is 17.3. The van der Waals surface area contributed by atoms with E-state index in [9.17, 15) is 4.79 Å². The van der Waals surface area contributed by atoms with Crippen LogP contribution in [0.5, 0.6) is 0 Å². The van der Waals surface area contributed by atoms with Crippen molar-refractivity contribution in [1.82, 2.24) is 10.6 Å². The SMILES string of the molecule is CCOCCCNC(=O)NCC(C)N(C)c1ccccc1. The van der Waals surface area contributed by atoms with Gasteiger partial charge in [-0.3, -0.25) is 0 Å². The lowest BCUT2D eigenvalue weighted by Gasteiger charge is -2.27. The van der Waals surface area contributed by atoms with Gasteiger partial charge < -0.3 is 20.3 Å². The molecule has 0 aromatic heterocycles. The van der Waals surface area contributed by atoms with E-state index < -0.39 is 0 Å². The number of nitrogens with zero attached hydrogens (tertiary/aromatic N) is 1. The van der Waals surface area contributed by atoms with Crippen molar-refractivity contribution in [1.29, 1.82) is 0 Å². The third-order valence-electron chi connectivity index (χ3n) is 3.34. The van der Waals surface area contributed by atoms with Gasteiger partial charge in [-0.25, -0.2) is 4.79 Å². The topological polar surface area (TPSA) is 53.6 Å². The fourth-order valence-corrected chi connectivity index (χ4v) is 1.88. The summed E-state index contributed by atoms with van der Waals surface area (Å²) in [6.45, 7) is 6.68. The van der Waals surface area contributed by atoms with Gasteiger partial charge in [-0.15, -0.1) is 0 Å². The minimum atomic E-state index is -0.125. The van der Waals surface area contributed by atoms with Crippen LogP contribution in [0, 0.1) is 0 Å². The average molecular weight is 293 g/mol. The van der Waals surface area contributed by atoms with Gasteiger partial charge in [0.2, 0.25) is 0 Å². The number of nitrogens with one attached hydrogen (secondary N) is 2. The minimum absolute atomic E-state index is 0.125. The van der Waals surface area contributed by atoms with Crippen LogP contribution in [-0.4, -0.2) is 45.4 Å². The third kappa shape index (κ3) is 6.99. The first-order valence-electron chi connectivity index (χ1n) is 7.52. The van der Waals surface area contributed by atoms with Crippen LogP contribution in [-0.2, 0) is 4.74 Å². The summed E-state index contributed by atoms with van der Waals surface area (Å²) in [5.41, 5.74) is 1.14. The molecule has 1 atom stereocenters. The van der Waals surface area contributed by atoms with Crippen LogP contribution in [0.25, 0.3) is 0 Å². The third-order valence-corrected chi connectivity index (χ3v) is 3.34.